The van der Waals surface area contributed by atoms with Crippen LogP contribution in [0.3, 0.4) is 0 Å². The Bertz CT molecular complexity index is 266. The zero-order valence-electron chi connectivity index (χ0n) is 7.21. The largest absolute Gasteiger partial charge is 0.442 e. The van der Waals surface area contributed by atoms with Crippen LogP contribution in [0, 0.1) is 12.0 Å². The first-order valence-corrected chi connectivity index (χ1v) is 4.07. The molecule has 0 saturated heterocycles. The van der Waals surface area contributed by atoms with Gasteiger partial charge in [0.25, 0.3) is 0 Å². The van der Waals surface area contributed by atoms with Crippen LogP contribution in [0.25, 0.3) is 0 Å². The smallest absolute Gasteiger partial charge is 0.125 e. The van der Waals surface area contributed by atoms with Crippen molar-refractivity contribution in [3.05, 3.63) is 35.9 Å². The number of ether oxygens (including phenoxy) is 1. The van der Waals surface area contributed by atoms with E-state index in [0.717, 1.165) is 12.0 Å². The van der Waals surface area contributed by atoms with E-state index in [1.54, 1.807) is 0 Å². The Hall–Kier alpha value is -1.42. The van der Waals surface area contributed by atoms with E-state index in [0.29, 0.717) is 6.61 Å². The normalized spacial score (nSPS) is 8.42. The van der Waals surface area contributed by atoms with Gasteiger partial charge in [-0.1, -0.05) is 43.2 Å². The Kier molecular flexibility index (Phi) is 3.80. The van der Waals surface area contributed by atoms with Gasteiger partial charge in [0, 0.05) is 6.42 Å². The van der Waals surface area contributed by atoms with Gasteiger partial charge in [-0.25, -0.2) is 0 Å². The molecule has 1 nitrogen and oxygen atoms in total. The summed E-state index contributed by atoms with van der Waals surface area (Å²) in [5.41, 5.74) is 1.16. The zero-order valence-corrected chi connectivity index (χ0v) is 7.21. The minimum Gasteiger partial charge on any atom is -0.442 e. The average Bonchev–Trinajstić information content (AvgIpc) is 2.14. The van der Waals surface area contributed by atoms with E-state index in [4.69, 9.17) is 4.74 Å². The fourth-order valence-electron chi connectivity index (χ4n) is 0.817. The van der Waals surface area contributed by atoms with Crippen LogP contribution in [0.15, 0.2) is 30.3 Å². The van der Waals surface area contributed by atoms with Gasteiger partial charge in [0.15, 0.2) is 0 Å². The van der Waals surface area contributed by atoms with E-state index in [-0.39, 0.29) is 0 Å². The molecule has 0 unspecified atom stereocenters. The summed E-state index contributed by atoms with van der Waals surface area (Å²) in [6, 6.07) is 10.0. The zero-order chi connectivity index (χ0) is 8.65. The maximum Gasteiger partial charge on any atom is 0.125 e. The van der Waals surface area contributed by atoms with E-state index in [1.807, 2.05) is 37.3 Å². The highest BCUT2D eigenvalue weighted by Crippen LogP contribution is 1.99. The van der Waals surface area contributed by atoms with Gasteiger partial charge < -0.3 is 4.74 Å². The molecule has 62 valence electrons. The molecule has 0 bridgehead atoms. The monoisotopic (exact) mass is 160 g/mol. The first kappa shape index (κ1) is 8.67. The van der Waals surface area contributed by atoms with Crippen LogP contribution in [0.5, 0.6) is 0 Å². The van der Waals surface area contributed by atoms with Gasteiger partial charge in [-0.2, -0.15) is 0 Å². The lowest BCUT2D eigenvalue weighted by atomic mass is 10.2. The summed E-state index contributed by atoms with van der Waals surface area (Å²) in [4.78, 5) is 0. The molecule has 0 aromatic heterocycles. The van der Waals surface area contributed by atoms with Crippen LogP contribution in [-0.4, -0.2) is 0 Å². The second kappa shape index (κ2) is 5.26. The summed E-state index contributed by atoms with van der Waals surface area (Å²) in [6.07, 6.45) is 3.48. The number of hydrogen-bond acceptors (Lipinski definition) is 1. The molecule has 12 heavy (non-hydrogen) atoms. The van der Waals surface area contributed by atoms with Crippen molar-refractivity contribution < 1.29 is 4.74 Å². The summed E-state index contributed by atoms with van der Waals surface area (Å²) >= 11 is 0. The lowest BCUT2D eigenvalue weighted by Gasteiger charge is -1.96. The van der Waals surface area contributed by atoms with E-state index in [9.17, 15) is 0 Å². The molecule has 0 aliphatic heterocycles. The van der Waals surface area contributed by atoms with Crippen molar-refractivity contribution in [1.82, 2.24) is 0 Å². The quantitative estimate of drug-likeness (QED) is 0.604. The Balaban J connectivity index is 2.34. The summed E-state index contributed by atoms with van der Waals surface area (Å²) in [7, 11) is 0. The lowest BCUT2D eigenvalue weighted by molar-refractivity contribution is 0.264. The molecule has 0 heterocycles. The minimum absolute atomic E-state index is 0.577. The molecule has 1 heteroatoms. The number of hydrogen-bond donors (Lipinski definition) is 0. The molecule has 1 rings (SSSR count). The first-order valence-electron chi connectivity index (χ1n) is 4.07. The Labute approximate surface area is 73.4 Å². The first-order chi connectivity index (χ1) is 5.93. The van der Waals surface area contributed by atoms with E-state index >= 15 is 0 Å². The molecule has 0 fully saturated rings. The van der Waals surface area contributed by atoms with Crippen LogP contribution in [0.1, 0.15) is 18.9 Å². The van der Waals surface area contributed by atoms with E-state index < -0.39 is 0 Å². The highest BCUT2D eigenvalue weighted by atomic mass is 16.5. The molecule has 0 atom stereocenters. The summed E-state index contributed by atoms with van der Waals surface area (Å²) in [6.45, 7) is 2.58. The third-order valence-corrected chi connectivity index (χ3v) is 1.40. The van der Waals surface area contributed by atoms with Gasteiger partial charge in [-0.15, -0.1) is 0 Å². The lowest BCUT2D eigenvalue weighted by Crippen LogP contribution is -1.84. The summed E-state index contributed by atoms with van der Waals surface area (Å²) < 4.78 is 5.10. The molecule has 0 radical (unpaired) electrons. The fourth-order valence-corrected chi connectivity index (χ4v) is 0.817. The van der Waals surface area contributed by atoms with Crippen LogP contribution in [0.4, 0.5) is 0 Å². The summed E-state index contributed by atoms with van der Waals surface area (Å²) in [5.74, 6) is 2.85. The van der Waals surface area contributed by atoms with Gasteiger partial charge in [0.05, 0.1) is 0 Å². The van der Waals surface area contributed by atoms with Crippen LogP contribution in [-0.2, 0) is 11.3 Å². The van der Waals surface area contributed by atoms with Crippen molar-refractivity contribution in [2.24, 2.45) is 0 Å². The van der Waals surface area contributed by atoms with Gasteiger partial charge in [-0.05, 0) is 5.56 Å². The van der Waals surface area contributed by atoms with Crippen molar-refractivity contribution in [3.8, 4) is 12.0 Å². The maximum atomic E-state index is 5.10. The Morgan fingerprint density at radius 1 is 1.25 bits per heavy atom. The van der Waals surface area contributed by atoms with Crippen LogP contribution in [0.2, 0.25) is 0 Å². The van der Waals surface area contributed by atoms with Crippen molar-refractivity contribution in [2.45, 2.75) is 20.0 Å². The van der Waals surface area contributed by atoms with Gasteiger partial charge in [0.2, 0.25) is 0 Å². The Morgan fingerprint density at radius 3 is 2.67 bits per heavy atom. The van der Waals surface area contributed by atoms with E-state index in [1.165, 1.54) is 0 Å². The molecule has 0 aliphatic rings. The topological polar surface area (TPSA) is 9.23 Å². The molecule has 1 aromatic rings. The predicted molar refractivity (Wildman–Crippen MR) is 49.3 cm³/mol. The third-order valence-electron chi connectivity index (χ3n) is 1.40. The van der Waals surface area contributed by atoms with Crippen molar-refractivity contribution in [3.63, 3.8) is 0 Å². The molecular weight excluding hydrogens is 148 g/mol. The highest BCUT2D eigenvalue weighted by molar-refractivity contribution is 5.13. The molecule has 0 amide bonds. The highest BCUT2D eigenvalue weighted by Gasteiger charge is 1.86. The number of benzene rings is 1. The van der Waals surface area contributed by atoms with Crippen molar-refractivity contribution >= 4 is 0 Å². The molecule has 1 aromatic carbocycles. The van der Waals surface area contributed by atoms with Crippen molar-refractivity contribution in [1.29, 1.82) is 0 Å². The van der Waals surface area contributed by atoms with Crippen molar-refractivity contribution in [2.75, 3.05) is 0 Å². The van der Waals surface area contributed by atoms with Gasteiger partial charge >= 0.3 is 0 Å². The minimum atomic E-state index is 0.577. The Morgan fingerprint density at radius 2 is 2.00 bits per heavy atom. The second-order valence-corrected chi connectivity index (χ2v) is 2.41. The van der Waals surface area contributed by atoms with E-state index in [2.05, 4.69) is 12.0 Å². The molecular formula is C11H12O. The second-order valence-electron chi connectivity index (χ2n) is 2.41. The summed E-state index contributed by atoms with van der Waals surface area (Å²) in [5, 5.41) is 0. The average molecular weight is 160 g/mol. The molecule has 0 aliphatic carbocycles. The standard InChI is InChI=1S/C11H12O/c1-2-3-9-12-10-11-7-5-4-6-8-11/h4-8H,2,10H2,1H3. The SMILES string of the molecule is CCC#COCc1ccccc1. The van der Waals surface area contributed by atoms with Crippen LogP contribution >= 0.6 is 0 Å². The fraction of sp³-hybridized carbons (Fsp3) is 0.273. The molecule has 0 saturated carbocycles. The maximum absolute atomic E-state index is 5.10. The number of rotatable bonds is 2. The molecule has 0 spiro atoms. The van der Waals surface area contributed by atoms with Crippen LogP contribution < -0.4 is 0 Å². The molecule has 0 N–H and O–H groups in total. The van der Waals surface area contributed by atoms with Gasteiger partial charge in [-0.3, -0.25) is 0 Å². The predicted octanol–water partition coefficient (Wildman–Crippen LogP) is 2.57. The third kappa shape index (κ3) is 3.12. The van der Waals surface area contributed by atoms with Gasteiger partial charge in [0.1, 0.15) is 12.7 Å².